The molecule has 2 atom stereocenters. The summed E-state index contributed by atoms with van der Waals surface area (Å²) in [5, 5.41) is 23.9. The van der Waals surface area contributed by atoms with Crippen LogP contribution in [0.3, 0.4) is 0 Å². The molecule has 3 heterocycles. The van der Waals surface area contributed by atoms with E-state index in [2.05, 4.69) is 26.6 Å². The smallest absolute Gasteiger partial charge is 0.319 e. The van der Waals surface area contributed by atoms with Crippen molar-refractivity contribution >= 4 is 58.5 Å². The molecule has 66 heavy (non-hydrogen) atoms. The molecule has 2 saturated heterocycles. The van der Waals surface area contributed by atoms with Crippen molar-refractivity contribution in [1.29, 1.82) is 0 Å². The lowest BCUT2D eigenvalue weighted by atomic mass is 10.0. The van der Waals surface area contributed by atoms with Crippen LogP contribution in [0.25, 0.3) is 0 Å². The summed E-state index contributed by atoms with van der Waals surface area (Å²) in [6.45, 7) is 3.56. The van der Waals surface area contributed by atoms with Crippen LogP contribution in [0, 0.1) is 11.6 Å². The monoisotopic (exact) mass is 923 g/mol. The number of fused-ring (bicyclic) bond motifs is 1. The number of carbonyl (C=O) groups excluding carboxylic acids is 7. The van der Waals surface area contributed by atoms with Crippen LogP contribution < -0.4 is 31.5 Å². The van der Waals surface area contributed by atoms with E-state index in [1.807, 2.05) is 0 Å². The molecule has 0 saturated carbocycles. The second kappa shape index (κ2) is 23.7. The topological polar surface area (TPSA) is 252 Å². The first-order valence-corrected chi connectivity index (χ1v) is 21.3. The number of halogens is 2. The molecule has 20 nitrogen and oxygen atoms in total. The number of anilines is 3. The Labute approximate surface area is 377 Å². The molecule has 0 spiro atoms. The largest absolute Gasteiger partial charge is 0.382 e. The Kier molecular flexibility index (Phi) is 17.6. The Morgan fingerprint density at radius 3 is 1.98 bits per heavy atom. The Balaban J connectivity index is 0.725. The average Bonchev–Trinajstić information content (AvgIpc) is 3.74. The number of nitrogens with zero attached hydrogens (tertiary/aromatic N) is 2. The van der Waals surface area contributed by atoms with Gasteiger partial charge in [0.15, 0.2) is 0 Å². The number of hydrogen-bond donors (Lipinski definition) is 6. The minimum Gasteiger partial charge on any atom is -0.382 e. The Morgan fingerprint density at radius 2 is 1.36 bits per heavy atom. The van der Waals surface area contributed by atoms with Crippen LogP contribution in [0.15, 0.2) is 60.7 Å². The molecule has 6 N–H and O–H groups in total. The number of imide groups is 2. The zero-order chi connectivity index (χ0) is 47.1. The van der Waals surface area contributed by atoms with Gasteiger partial charge in [0.25, 0.3) is 23.6 Å². The zero-order valence-electron chi connectivity index (χ0n) is 35.9. The summed E-state index contributed by atoms with van der Waals surface area (Å²) in [7, 11) is 0. The quantitative estimate of drug-likeness (QED) is 0.0400. The van der Waals surface area contributed by atoms with Crippen LogP contribution in [-0.2, 0) is 49.4 Å². The number of carbonyl (C=O) groups is 7. The molecule has 0 aliphatic carbocycles. The summed E-state index contributed by atoms with van der Waals surface area (Å²) in [5.41, 5.74) is -0.592. The molecular weight excluding hydrogens is 873 g/mol. The minimum atomic E-state index is -2.36. The van der Waals surface area contributed by atoms with Crippen molar-refractivity contribution in [3.63, 3.8) is 0 Å². The predicted molar refractivity (Wildman–Crippen MR) is 229 cm³/mol. The summed E-state index contributed by atoms with van der Waals surface area (Å²) < 4.78 is 54.5. The van der Waals surface area contributed by atoms with Crippen LogP contribution >= 0.6 is 0 Å². The molecule has 3 aromatic rings. The average molecular weight is 924 g/mol. The van der Waals surface area contributed by atoms with Gasteiger partial charge in [0.1, 0.15) is 17.7 Å². The fourth-order valence-electron chi connectivity index (χ4n) is 7.24. The van der Waals surface area contributed by atoms with Crippen LogP contribution in [0.4, 0.5) is 30.6 Å². The summed E-state index contributed by atoms with van der Waals surface area (Å²) >= 11 is 0. The van der Waals surface area contributed by atoms with Gasteiger partial charge in [-0.3, -0.25) is 39.0 Å². The zero-order valence-corrected chi connectivity index (χ0v) is 35.9. The van der Waals surface area contributed by atoms with Gasteiger partial charge in [0.2, 0.25) is 17.4 Å². The highest BCUT2D eigenvalue weighted by molar-refractivity contribution is 6.25. The van der Waals surface area contributed by atoms with E-state index in [-0.39, 0.29) is 62.2 Å². The summed E-state index contributed by atoms with van der Waals surface area (Å²) in [6.07, 6.45) is -0.0749. The molecule has 22 heteroatoms. The molecule has 3 aromatic carbocycles. The lowest BCUT2D eigenvalue weighted by Crippen LogP contribution is -2.54. The van der Waals surface area contributed by atoms with E-state index >= 15 is 0 Å². The molecule has 2 fully saturated rings. The minimum absolute atomic E-state index is 0.0392. The van der Waals surface area contributed by atoms with E-state index in [0.717, 1.165) is 17.0 Å². The van der Waals surface area contributed by atoms with Crippen molar-refractivity contribution in [3.05, 3.63) is 89.0 Å². The molecular formula is C44H51F2N7O13. The first kappa shape index (κ1) is 49.0. The van der Waals surface area contributed by atoms with Crippen LogP contribution in [0.2, 0.25) is 0 Å². The van der Waals surface area contributed by atoms with Crippen molar-refractivity contribution in [1.82, 2.24) is 20.9 Å². The highest BCUT2D eigenvalue weighted by Crippen LogP contribution is 2.33. The van der Waals surface area contributed by atoms with E-state index in [0.29, 0.717) is 89.1 Å². The number of amides is 8. The highest BCUT2D eigenvalue weighted by Gasteiger charge is 2.52. The van der Waals surface area contributed by atoms with E-state index < -0.39 is 64.8 Å². The van der Waals surface area contributed by atoms with Gasteiger partial charge in [-0.1, -0.05) is 6.07 Å². The van der Waals surface area contributed by atoms with Gasteiger partial charge >= 0.3 is 6.03 Å². The number of aliphatic hydroxyl groups is 1. The third-order valence-corrected chi connectivity index (χ3v) is 10.5. The first-order valence-electron chi connectivity index (χ1n) is 21.3. The SMILES string of the molecule is O=C1CCC(N2C(=O)c3cccc(NCCOCCOCCOCCOCCOCCNC(=O)Nc4ccc(N5CCC(O)(C(=O)NCc6cc(F)cc(F)c6)C5=O)cc4)c3C2=O)C(=O)N1. The van der Waals surface area contributed by atoms with Crippen molar-refractivity contribution in [3.8, 4) is 0 Å². The van der Waals surface area contributed by atoms with Crippen LogP contribution in [0.1, 0.15) is 45.5 Å². The van der Waals surface area contributed by atoms with Gasteiger partial charge in [-0.05, 0) is 60.5 Å². The highest BCUT2D eigenvalue weighted by atomic mass is 19.1. The molecule has 0 radical (unpaired) electrons. The molecule has 8 amide bonds. The van der Waals surface area contributed by atoms with Gasteiger partial charge < -0.3 is 55.0 Å². The third kappa shape index (κ3) is 12.9. The number of piperidine rings is 1. The van der Waals surface area contributed by atoms with Crippen LogP contribution in [-0.4, -0.2) is 149 Å². The maximum Gasteiger partial charge on any atom is 0.319 e. The number of urea groups is 1. The molecule has 2 unspecified atom stereocenters. The van der Waals surface area contributed by atoms with E-state index in [1.165, 1.54) is 11.0 Å². The number of hydrogen-bond acceptors (Lipinski definition) is 14. The Bertz CT molecular complexity index is 2230. The third-order valence-electron chi connectivity index (χ3n) is 10.5. The van der Waals surface area contributed by atoms with Gasteiger partial charge in [0, 0.05) is 62.1 Å². The van der Waals surface area contributed by atoms with Crippen molar-refractivity contribution in [2.24, 2.45) is 0 Å². The molecule has 0 bridgehead atoms. The fourth-order valence-corrected chi connectivity index (χ4v) is 7.24. The predicted octanol–water partition coefficient (Wildman–Crippen LogP) is 1.47. The molecule has 3 aliphatic rings. The van der Waals surface area contributed by atoms with E-state index in [1.54, 1.807) is 36.4 Å². The summed E-state index contributed by atoms with van der Waals surface area (Å²) in [4.78, 5) is 90.3. The summed E-state index contributed by atoms with van der Waals surface area (Å²) in [6, 6.07) is 12.3. The maximum absolute atomic E-state index is 13.5. The maximum atomic E-state index is 13.5. The van der Waals surface area contributed by atoms with Crippen molar-refractivity contribution < 1.29 is 71.1 Å². The lowest BCUT2D eigenvalue weighted by molar-refractivity contribution is -0.149. The first-order chi connectivity index (χ1) is 31.9. The standard InChI is InChI=1S/C44H51F2N7O13/c45-29-24-28(25-30(46)26-29)27-49-41(58)44(61)10-13-52(42(44)59)32-6-4-31(5-7-32)50-43(60)48-12-15-63-17-19-65-21-23-66-22-20-64-18-16-62-14-11-47-34-3-1-2-33-37(34)40(57)53(39(33)56)35-8-9-36(54)51-38(35)55/h1-7,24-26,35,47,61H,8-23,27H2,(H,49,58)(H2,48,50,60)(H,51,54,55). The van der Waals surface area contributed by atoms with Crippen molar-refractivity contribution in [2.75, 3.05) is 101 Å². The number of ether oxygens (including phenoxy) is 5. The number of nitrogens with one attached hydrogen (secondary N) is 5. The molecule has 354 valence electrons. The summed E-state index contributed by atoms with van der Waals surface area (Å²) in [5.74, 6) is -5.74. The Morgan fingerprint density at radius 1 is 0.758 bits per heavy atom. The van der Waals surface area contributed by atoms with Gasteiger partial charge in [-0.25, -0.2) is 13.6 Å². The van der Waals surface area contributed by atoms with Gasteiger partial charge in [-0.15, -0.1) is 0 Å². The van der Waals surface area contributed by atoms with E-state index in [4.69, 9.17) is 23.7 Å². The molecule has 0 aromatic heterocycles. The normalized spacial score (nSPS) is 18.1. The van der Waals surface area contributed by atoms with Crippen molar-refractivity contribution in [2.45, 2.75) is 37.5 Å². The van der Waals surface area contributed by atoms with Gasteiger partial charge in [0.05, 0.1) is 77.2 Å². The second-order valence-electron chi connectivity index (χ2n) is 15.1. The lowest BCUT2D eigenvalue weighted by Gasteiger charge is -2.27. The van der Waals surface area contributed by atoms with E-state index in [9.17, 15) is 47.4 Å². The number of benzene rings is 3. The number of rotatable bonds is 25. The molecule has 3 aliphatic heterocycles. The molecule has 6 rings (SSSR count). The fraction of sp³-hybridized carbons (Fsp3) is 0.432. The van der Waals surface area contributed by atoms with Crippen LogP contribution in [0.5, 0.6) is 0 Å². The Hall–Kier alpha value is -6.43. The second-order valence-corrected chi connectivity index (χ2v) is 15.1. The van der Waals surface area contributed by atoms with Gasteiger partial charge in [-0.2, -0.15) is 0 Å².